The molecule has 0 unspecified atom stereocenters. The van der Waals surface area contributed by atoms with E-state index in [1.807, 2.05) is 48.5 Å². The molecule has 0 atom stereocenters. The van der Waals surface area contributed by atoms with Crippen LogP contribution in [-0.2, 0) is 37.3 Å². The molecule has 10 aromatic rings. The van der Waals surface area contributed by atoms with Gasteiger partial charge in [0.25, 0.3) is 0 Å². The molecule has 0 saturated carbocycles. The number of hydrogen-bond donors (Lipinski definition) is 4. The number of carboxylic acids is 4. The molecule has 0 amide bonds. The first-order valence-electron chi connectivity index (χ1n) is 23.7. The Kier molecular flexibility index (Phi) is 14.1. The smallest absolute Gasteiger partial charge is 0.489 e. The fourth-order valence-corrected chi connectivity index (χ4v) is 10.3. The van der Waals surface area contributed by atoms with Gasteiger partial charge < -0.3 is 64.5 Å². The molecule has 2 aliphatic heterocycles. The van der Waals surface area contributed by atoms with Crippen molar-refractivity contribution in [3.8, 4) is 68.5 Å². The Morgan fingerprint density at radius 3 is 1.31 bits per heavy atom. The van der Waals surface area contributed by atoms with Crippen LogP contribution in [0.15, 0.2) is 121 Å². The van der Waals surface area contributed by atoms with Crippen molar-refractivity contribution in [2.75, 3.05) is 0 Å². The van der Waals surface area contributed by atoms with Crippen LogP contribution < -0.4 is 28.7 Å². The van der Waals surface area contributed by atoms with Gasteiger partial charge >= 0.3 is 40.9 Å². The molecule has 0 fully saturated rings. The van der Waals surface area contributed by atoms with Crippen LogP contribution in [0.1, 0.15) is 52.6 Å². The van der Waals surface area contributed by atoms with E-state index in [2.05, 4.69) is 0 Å². The molecule has 19 nitrogen and oxygen atoms in total. The molecule has 403 valence electrons. The summed E-state index contributed by atoms with van der Waals surface area (Å²) in [6.07, 6.45) is 0. The fraction of sp³-hybridized carbons (Fsp3) is 0.0526. The number of aromatic nitrogens is 8. The number of benzene rings is 7. The van der Waals surface area contributed by atoms with E-state index in [1.54, 1.807) is 48.0 Å². The zero-order valence-electron chi connectivity index (χ0n) is 41.0. The predicted molar refractivity (Wildman–Crippen MR) is 293 cm³/mol. The third-order valence-corrected chi connectivity index (χ3v) is 14.8. The van der Waals surface area contributed by atoms with Gasteiger partial charge in [-0.05, 0) is 105 Å². The van der Waals surface area contributed by atoms with E-state index in [4.69, 9.17) is 95.5 Å². The van der Waals surface area contributed by atoms with Crippen LogP contribution in [0.3, 0.4) is 0 Å². The molecule has 5 heterocycles. The summed E-state index contributed by atoms with van der Waals surface area (Å²) in [5.41, 5.74) is 2.66. The number of carbonyl (C=O) groups is 4. The van der Waals surface area contributed by atoms with E-state index in [0.717, 1.165) is 12.1 Å². The maximum Gasteiger partial charge on any atom is 2.00 e. The number of fused-ring (bicyclic) bond motifs is 20. The first kappa shape index (κ1) is 53.8. The van der Waals surface area contributed by atoms with Crippen LogP contribution in [0.5, 0.6) is 23.0 Å². The average Bonchev–Trinajstić information content (AvgIpc) is 3.41. The summed E-state index contributed by atoms with van der Waals surface area (Å²) in [4.78, 5) is 82.8. The molecule has 81 heavy (non-hydrogen) atoms. The number of rotatable bonds is 12. The van der Waals surface area contributed by atoms with E-state index in [-0.39, 0.29) is 119 Å². The zero-order valence-corrected chi connectivity index (χ0v) is 45.0. The van der Waals surface area contributed by atoms with Crippen LogP contribution >= 0.6 is 46.4 Å². The SMILES string of the molecule is C[n+]1c2nc3[n-]c(nc4nc(nc5[n-]c(nc1-c1c(Cl)c(Cl)c(Cl)c(Cl)c1-2)c1cc(Oc2cc(COc6cc(C(=O)O)cc(C(=O)O)c6)cc(COc6cc(C(=O)O)cc(C(=O)O)c6)c2)ccc51)-c1ccccc1-4)c1ccccc31.[Cu+2]. The van der Waals surface area contributed by atoms with Gasteiger partial charge in [0.15, 0.2) is 0 Å². The molecule has 1 radical (unpaired) electrons. The predicted octanol–water partition coefficient (Wildman–Crippen LogP) is 11.9. The van der Waals surface area contributed by atoms with Gasteiger partial charge in [-0.1, -0.05) is 94.9 Å². The molecule has 7 aromatic carbocycles. The molecular formula is C57H31Cl4CuN8O11+. The van der Waals surface area contributed by atoms with Gasteiger partial charge in [-0.25, -0.2) is 24.2 Å². The summed E-state index contributed by atoms with van der Waals surface area (Å²) >= 11 is 27.6. The molecule has 4 N–H and O–H groups in total. The van der Waals surface area contributed by atoms with Crippen LogP contribution in [0.2, 0.25) is 20.1 Å². The van der Waals surface area contributed by atoms with E-state index < -0.39 is 23.9 Å². The Labute approximate surface area is 485 Å². The summed E-state index contributed by atoms with van der Waals surface area (Å²) in [6.45, 7) is -0.494. The molecule has 24 heteroatoms. The molecular weight excluding hydrogens is 1180 g/mol. The van der Waals surface area contributed by atoms with Crippen molar-refractivity contribution in [2.45, 2.75) is 13.2 Å². The van der Waals surface area contributed by atoms with Crippen molar-refractivity contribution in [3.05, 3.63) is 175 Å². The summed E-state index contributed by atoms with van der Waals surface area (Å²) in [6, 6.07) is 31.7. The third-order valence-electron chi connectivity index (χ3n) is 13.0. The molecule has 3 aromatic heterocycles. The molecule has 0 spiro atoms. The van der Waals surface area contributed by atoms with Crippen molar-refractivity contribution in [3.63, 3.8) is 0 Å². The third kappa shape index (κ3) is 9.94. The number of halogens is 4. The van der Waals surface area contributed by atoms with Gasteiger partial charge in [0, 0.05) is 44.8 Å². The Morgan fingerprint density at radius 1 is 0.457 bits per heavy atom. The van der Waals surface area contributed by atoms with Crippen LogP contribution in [0.4, 0.5) is 0 Å². The minimum Gasteiger partial charge on any atom is -0.489 e. The van der Waals surface area contributed by atoms with Gasteiger partial charge in [0.05, 0.1) is 61.0 Å². The van der Waals surface area contributed by atoms with E-state index in [9.17, 15) is 39.6 Å². The maximum atomic E-state index is 11.9. The van der Waals surface area contributed by atoms with Gasteiger partial charge in [0.1, 0.15) is 47.9 Å². The second-order valence-electron chi connectivity index (χ2n) is 18.1. The zero-order chi connectivity index (χ0) is 55.8. The number of ether oxygens (including phenoxy) is 3. The Balaban J connectivity index is 0.00000690. The van der Waals surface area contributed by atoms with E-state index >= 15 is 0 Å². The first-order valence-corrected chi connectivity index (χ1v) is 25.2. The second-order valence-corrected chi connectivity index (χ2v) is 19.6. The number of nitrogens with zero attached hydrogens (tertiary/aromatic N) is 8. The average molecular weight is 1210 g/mol. The van der Waals surface area contributed by atoms with Gasteiger partial charge in [0.2, 0.25) is 0 Å². The maximum absolute atomic E-state index is 11.9. The molecule has 0 saturated heterocycles. The summed E-state index contributed by atoms with van der Waals surface area (Å²) in [5, 5.41) is 41.3. The second kappa shape index (κ2) is 21.2. The van der Waals surface area contributed by atoms with Crippen LogP contribution in [0.25, 0.3) is 89.7 Å². The van der Waals surface area contributed by atoms with Crippen LogP contribution in [-0.4, -0.2) is 69.2 Å². The van der Waals surface area contributed by atoms with Gasteiger partial charge in [-0.3, -0.25) is 4.57 Å². The normalized spacial score (nSPS) is 11.4. The molecule has 2 aliphatic rings. The minimum atomic E-state index is -1.37. The molecule has 12 rings (SSSR count). The Bertz CT molecular complexity index is 4430. The molecule has 8 bridgehead atoms. The van der Waals surface area contributed by atoms with Gasteiger partial charge in [-0.2, -0.15) is 0 Å². The van der Waals surface area contributed by atoms with Crippen molar-refractivity contribution in [1.82, 2.24) is 34.9 Å². The fourth-order valence-electron chi connectivity index (χ4n) is 9.32. The quantitative estimate of drug-likeness (QED) is 0.0383. The number of carboxylic acid groups (broad SMARTS) is 4. The van der Waals surface area contributed by atoms with Crippen molar-refractivity contribution in [1.29, 1.82) is 0 Å². The summed E-state index contributed by atoms with van der Waals surface area (Å²) in [7, 11) is 1.72. The molecule has 0 aliphatic carbocycles. The van der Waals surface area contributed by atoms with Gasteiger partial charge in [-0.15, -0.1) is 0 Å². The van der Waals surface area contributed by atoms with Crippen molar-refractivity contribution >= 4 is 114 Å². The summed E-state index contributed by atoms with van der Waals surface area (Å²) in [5.74, 6) is -3.94. The summed E-state index contributed by atoms with van der Waals surface area (Å²) < 4.78 is 20.2. The van der Waals surface area contributed by atoms with Crippen LogP contribution in [0, 0.1) is 0 Å². The minimum absolute atomic E-state index is 0. The topological polar surface area (TPSA) is 273 Å². The standard InChI is InChI=1S/C57H32Cl4N8O11.Cu/c1-69-52-40-41(43(59)45(61)44(60)42(40)58)53(69)68-51-39-21-30(10-11-38(39)49(66-51)64-47-35-7-3-2-6-34(35)46(62-47)63-48-36-8-4-5-9-37(36)50(65-48)67-52)80-33-13-24(22-78-31-17-26(54(70)71)15-27(18-31)55(72)73)12-25(14-33)23-79-32-19-28(56(74)75)16-29(20-32)57(76)77;/h2-21H,22-23H2,1H3,(H5,62,63,64,65,66,67,68,70,71,72,73,74,75,76,77);/q;+2/p-1. The van der Waals surface area contributed by atoms with E-state index in [1.165, 1.54) is 24.3 Å². The van der Waals surface area contributed by atoms with Crippen molar-refractivity contribution < 1.29 is 75.5 Å². The number of hydrogen-bond acceptors (Lipinski definition) is 12. The number of aromatic carboxylic acids is 4. The monoisotopic (exact) mass is 1210 g/mol. The van der Waals surface area contributed by atoms with Crippen molar-refractivity contribution in [2.24, 2.45) is 7.05 Å². The Hall–Kier alpha value is -9.14. The largest absolute Gasteiger partial charge is 2.00 e. The Morgan fingerprint density at radius 2 is 0.864 bits per heavy atom. The first-order chi connectivity index (χ1) is 38.5. The van der Waals surface area contributed by atoms with E-state index in [0.29, 0.717) is 77.9 Å².